The summed E-state index contributed by atoms with van der Waals surface area (Å²) in [7, 11) is 0. The van der Waals surface area contributed by atoms with Crippen molar-refractivity contribution in [3.05, 3.63) is 0 Å². The van der Waals surface area contributed by atoms with Crippen molar-refractivity contribution in [2.45, 2.75) is 26.7 Å². The van der Waals surface area contributed by atoms with E-state index in [0.717, 1.165) is 12.8 Å². The van der Waals surface area contributed by atoms with Crippen LogP contribution in [0.25, 0.3) is 0 Å². The zero-order chi connectivity index (χ0) is 10.4. The first-order chi connectivity index (χ1) is 6.57. The zero-order valence-corrected chi connectivity index (χ0v) is 8.55. The lowest BCUT2D eigenvalue weighted by Gasteiger charge is -2.25. The largest absolute Gasteiger partial charge is 0.465 e. The Hall–Kier alpha value is -1.06. The lowest BCUT2D eigenvalue weighted by atomic mass is 9.76. The molecule has 1 heterocycles. The van der Waals surface area contributed by atoms with Crippen LogP contribution < -0.4 is 5.32 Å². The molecule has 0 bridgehead atoms. The fourth-order valence-corrected chi connectivity index (χ4v) is 2.26. The van der Waals surface area contributed by atoms with Gasteiger partial charge in [-0.05, 0) is 26.7 Å². The molecule has 1 unspecified atom stereocenters. The van der Waals surface area contributed by atoms with Crippen LogP contribution in [-0.4, -0.2) is 25.0 Å². The number of hydrogen-bond donors (Lipinski definition) is 1. The van der Waals surface area contributed by atoms with Crippen LogP contribution in [-0.2, 0) is 14.3 Å². The SMILES string of the molecule is CCOC(=O)C1(C)C(=O)NCC12CC2. The summed E-state index contributed by atoms with van der Waals surface area (Å²) in [5.74, 6) is -0.541. The minimum Gasteiger partial charge on any atom is -0.465 e. The highest BCUT2D eigenvalue weighted by Crippen LogP contribution is 2.61. The van der Waals surface area contributed by atoms with Gasteiger partial charge in [-0.3, -0.25) is 9.59 Å². The molecule has 2 rings (SSSR count). The lowest BCUT2D eigenvalue weighted by molar-refractivity contribution is -0.161. The molecule has 78 valence electrons. The molecule has 14 heavy (non-hydrogen) atoms. The first-order valence-corrected chi connectivity index (χ1v) is 5.02. The molecule has 1 aliphatic heterocycles. The monoisotopic (exact) mass is 197 g/mol. The van der Waals surface area contributed by atoms with E-state index in [1.807, 2.05) is 0 Å². The van der Waals surface area contributed by atoms with Crippen LogP contribution in [0.5, 0.6) is 0 Å². The van der Waals surface area contributed by atoms with Gasteiger partial charge in [-0.1, -0.05) is 0 Å². The first kappa shape index (κ1) is 9.49. The van der Waals surface area contributed by atoms with E-state index >= 15 is 0 Å². The van der Waals surface area contributed by atoms with Crippen molar-refractivity contribution in [3.8, 4) is 0 Å². The Labute approximate surface area is 83.0 Å². The Morgan fingerprint density at radius 1 is 1.57 bits per heavy atom. The van der Waals surface area contributed by atoms with Gasteiger partial charge in [-0.2, -0.15) is 0 Å². The second-order valence-electron chi connectivity index (χ2n) is 4.31. The molecule has 1 aliphatic carbocycles. The van der Waals surface area contributed by atoms with Crippen LogP contribution >= 0.6 is 0 Å². The molecular weight excluding hydrogens is 182 g/mol. The first-order valence-electron chi connectivity index (χ1n) is 5.02. The van der Waals surface area contributed by atoms with E-state index in [-0.39, 0.29) is 17.3 Å². The van der Waals surface area contributed by atoms with Crippen LogP contribution in [0.4, 0.5) is 0 Å². The average molecular weight is 197 g/mol. The number of rotatable bonds is 2. The average Bonchev–Trinajstić information content (AvgIpc) is 2.89. The standard InChI is InChI=1S/C10H15NO3/c1-3-14-8(13)9(2)7(12)11-6-10(9)4-5-10/h3-6H2,1-2H3,(H,11,12). The van der Waals surface area contributed by atoms with Gasteiger partial charge >= 0.3 is 5.97 Å². The van der Waals surface area contributed by atoms with Gasteiger partial charge in [-0.25, -0.2) is 0 Å². The molecular formula is C10H15NO3. The maximum Gasteiger partial charge on any atom is 0.321 e. The van der Waals surface area contributed by atoms with Crippen molar-refractivity contribution in [3.63, 3.8) is 0 Å². The van der Waals surface area contributed by atoms with E-state index in [0.29, 0.717) is 13.2 Å². The number of nitrogens with one attached hydrogen (secondary N) is 1. The van der Waals surface area contributed by atoms with Gasteiger partial charge in [0.05, 0.1) is 6.61 Å². The Balaban J connectivity index is 2.27. The summed E-state index contributed by atoms with van der Waals surface area (Å²) in [6.07, 6.45) is 1.89. The van der Waals surface area contributed by atoms with E-state index in [1.165, 1.54) is 0 Å². The fraction of sp³-hybridized carbons (Fsp3) is 0.800. The molecule has 1 spiro atoms. The second kappa shape index (κ2) is 2.72. The molecule has 1 atom stereocenters. The van der Waals surface area contributed by atoms with Gasteiger partial charge in [0.15, 0.2) is 5.41 Å². The van der Waals surface area contributed by atoms with E-state index in [1.54, 1.807) is 13.8 Å². The van der Waals surface area contributed by atoms with E-state index in [4.69, 9.17) is 4.74 Å². The summed E-state index contributed by atoms with van der Waals surface area (Å²) in [4.78, 5) is 23.4. The van der Waals surface area contributed by atoms with Gasteiger partial charge in [0, 0.05) is 12.0 Å². The van der Waals surface area contributed by atoms with Crippen molar-refractivity contribution in [2.75, 3.05) is 13.2 Å². The summed E-state index contributed by atoms with van der Waals surface area (Å²) < 4.78 is 4.98. The maximum absolute atomic E-state index is 11.8. The van der Waals surface area contributed by atoms with Crippen molar-refractivity contribution >= 4 is 11.9 Å². The number of ether oxygens (including phenoxy) is 1. The summed E-state index contributed by atoms with van der Waals surface area (Å²) in [5.41, 5.74) is -1.08. The Kier molecular flexibility index (Phi) is 1.84. The minimum atomic E-state index is -0.941. The van der Waals surface area contributed by atoms with E-state index in [2.05, 4.69) is 5.32 Å². The van der Waals surface area contributed by atoms with Gasteiger partial charge in [0.25, 0.3) is 0 Å². The lowest BCUT2D eigenvalue weighted by Crippen LogP contribution is -2.42. The van der Waals surface area contributed by atoms with Crippen LogP contribution in [0, 0.1) is 10.8 Å². The molecule has 1 amide bonds. The molecule has 1 saturated heterocycles. The highest BCUT2D eigenvalue weighted by molar-refractivity contribution is 6.05. The van der Waals surface area contributed by atoms with Gasteiger partial charge < -0.3 is 10.1 Å². The third-order valence-corrected chi connectivity index (χ3v) is 3.64. The molecule has 0 radical (unpaired) electrons. The molecule has 2 fully saturated rings. The fourth-order valence-electron chi connectivity index (χ4n) is 2.26. The van der Waals surface area contributed by atoms with Crippen LogP contribution in [0.1, 0.15) is 26.7 Å². The smallest absolute Gasteiger partial charge is 0.321 e. The Morgan fingerprint density at radius 3 is 2.71 bits per heavy atom. The highest BCUT2D eigenvalue weighted by atomic mass is 16.5. The topological polar surface area (TPSA) is 55.4 Å². The highest BCUT2D eigenvalue weighted by Gasteiger charge is 2.69. The van der Waals surface area contributed by atoms with Crippen molar-refractivity contribution < 1.29 is 14.3 Å². The minimum absolute atomic E-state index is 0.143. The third kappa shape index (κ3) is 0.938. The second-order valence-corrected chi connectivity index (χ2v) is 4.31. The van der Waals surface area contributed by atoms with E-state index in [9.17, 15) is 9.59 Å². The third-order valence-electron chi connectivity index (χ3n) is 3.64. The summed E-state index contributed by atoms with van der Waals surface area (Å²) in [5, 5.41) is 2.76. The quantitative estimate of drug-likeness (QED) is 0.517. The molecule has 0 aromatic rings. The predicted octanol–water partition coefficient (Wildman–Crippen LogP) is 0.466. The summed E-state index contributed by atoms with van der Waals surface area (Å²) in [6.45, 7) is 4.42. The van der Waals surface area contributed by atoms with Crippen molar-refractivity contribution in [1.82, 2.24) is 5.32 Å². The number of carbonyl (C=O) groups excluding carboxylic acids is 2. The van der Waals surface area contributed by atoms with Crippen LogP contribution in [0.3, 0.4) is 0 Å². The molecule has 4 heteroatoms. The maximum atomic E-state index is 11.8. The Morgan fingerprint density at radius 2 is 2.21 bits per heavy atom. The summed E-state index contributed by atoms with van der Waals surface area (Å²) >= 11 is 0. The van der Waals surface area contributed by atoms with Crippen molar-refractivity contribution in [2.24, 2.45) is 10.8 Å². The Bertz CT molecular complexity index is 296. The van der Waals surface area contributed by atoms with Gasteiger partial charge in [0.2, 0.25) is 5.91 Å². The summed E-state index contributed by atoms with van der Waals surface area (Å²) in [6, 6.07) is 0. The van der Waals surface area contributed by atoms with E-state index < -0.39 is 5.41 Å². The molecule has 1 saturated carbocycles. The van der Waals surface area contributed by atoms with Gasteiger partial charge in [0.1, 0.15) is 0 Å². The van der Waals surface area contributed by atoms with Crippen molar-refractivity contribution in [1.29, 1.82) is 0 Å². The number of amides is 1. The predicted molar refractivity (Wildman–Crippen MR) is 49.4 cm³/mol. The number of carbonyl (C=O) groups is 2. The zero-order valence-electron chi connectivity index (χ0n) is 8.55. The molecule has 0 aromatic carbocycles. The molecule has 0 aromatic heterocycles. The number of esters is 1. The molecule has 1 N–H and O–H groups in total. The molecule has 2 aliphatic rings. The normalized spacial score (nSPS) is 32.9. The van der Waals surface area contributed by atoms with Gasteiger partial charge in [-0.15, -0.1) is 0 Å². The van der Waals surface area contributed by atoms with Crippen LogP contribution in [0.2, 0.25) is 0 Å². The number of hydrogen-bond acceptors (Lipinski definition) is 3. The van der Waals surface area contributed by atoms with Crippen LogP contribution in [0.15, 0.2) is 0 Å². The molecule has 4 nitrogen and oxygen atoms in total.